The van der Waals surface area contributed by atoms with E-state index in [2.05, 4.69) is 11.1 Å². The van der Waals surface area contributed by atoms with Crippen LogP contribution in [-0.4, -0.2) is 51.1 Å². The number of ether oxygens (including phenoxy) is 5. The van der Waals surface area contributed by atoms with Crippen molar-refractivity contribution in [2.45, 2.75) is 63.9 Å². The molecule has 1 aromatic heterocycles. The van der Waals surface area contributed by atoms with Gasteiger partial charge in [0.25, 0.3) is 0 Å². The van der Waals surface area contributed by atoms with E-state index in [0.717, 1.165) is 57.4 Å². The highest BCUT2D eigenvalue weighted by molar-refractivity contribution is 5.26. The number of hydrogen-bond donors (Lipinski definition) is 0. The van der Waals surface area contributed by atoms with Crippen LogP contribution in [0.3, 0.4) is 0 Å². The molecule has 2 unspecified atom stereocenters. The molecule has 0 saturated carbocycles. The minimum absolute atomic E-state index is 0.0507. The lowest BCUT2D eigenvalue weighted by Gasteiger charge is -2.23. The van der Waals surface area contributed by atoms with Crippen LogP contribution in [0.1, 0.15) is 49.8 Å². The van der Waals surface area contributed by atoms with Crippen LogP contribution in [0.2, 0.25) is 0 Å². The summed E-state index contributed by atoms with van der Waals surface area (Å²) >= 11 is 0. The molecular weight excluding hydrogens is 334 g/mol. The Morgan fingerprint density at radius 2 is 1.58 bits per heavy atom. The number of aromatic nitrogens is 1. The second-order valence-corrected chi connectivity index (χ2v) is 6.79. The molecule has 146 valence electrons. The van der Waals surface area contributed by atoms with E-state index < -0.39 is 0 Å². The summed E-state index contributed by atoms with van der Waals surface area (Å²) < 4.78 is 28.2. The molecule has 0 N–H and O–H groups in total. The maximum atomic E-state index is 5.87. The van der Waals surface area contributed by atoms with Gasteiger partial charge >= 0.3 is 0 Å². The summed E-state index contributed by atoms with van der Waals surface area (Å²) in [5.74, 6) is 0.634. The number of methoxy groups -OCH3 is 1. The third-order valence-electron chi connectivity index (χ3n) is 4.85. The van der Waals surface area contributed by atoms with Crippen LogP contribution in [0.4, 0.5) is 0 Å². The fourth-order valence-electron chi connectivity index (χ4n) is 3.34. The molecule has 0 aliphatic carbocycles. The summed E-state index contributed by atoms with van der Waals surface area (Å²) in [4.78, 5) is 4.61. The monoisotopic (exact) mass is 365 g/mol. The Morgan fingerprint density at radius 1 is 0.923 bits per heavy atom. The first-order valence-electron chi connectivity index (χ1n) is 9.84. The van der Waals surface area contributed by atoms with Gasteiger partial charge in [-0.1, -0.05) is 6.07 Å². The largest absolute Gasteiger partial charge is 0.481 e. The number of nitrogens with zero attached hydrogens (tertiary/aromatic N) is 1. The molecule has 2 fully saturated rings. The van der Waals surface area contributed by atoms with Crippen LogP contribution in [-0.2, 0) is 31.8 Å². The highest BCUT2D eigenvalue weighted by atomic mass is 16.7. The molecule has 1 aromatic rings. The zero-order valence-electron chi connectivity index (χ0n) is 15.8. The van der Waals surface area contributed by atoms with E-state index in [1.54, 1.807) is 7.11 Å². The third-order valence-corrected chi connectivity index (χ3v) is 4.85. The van der Waals surface area contributed by atoms with E-state index in [1.807, 2.05) is 6.07 Å². The fraction of sp³-hybridized carbons (Fsp3) is 0.750. The van der Waals surface area contributed by atoms with Crippen molar-refractivity contribution >= 4 is 0 Å². The van der Waals surface area contributed by atoms with Gasteiger partial charge in [-0.25, -0.2) is 4.98 Å². The van der Waals surface area contributed by atoms with E-state index in [4.69, 9.17) is 23.7 Å². The first-order valence-corrected chi connectivity index (χ1v) is 9.84. The average Bonchev–Trinajstić information content (AvgIpc) is 2.70. The van der Waals surface area contributed by atoms with Crippen LogP contribution in [0.5, 0.6) is 5.88 Å². The molecule has 0 amide bonds. The van der Waals surface area contributed by atoms with Gasteiger partial charge in [0.15, 0.2) is 12.6 Å². The maximum Gasteiger partial charge on any atom is 0.213 e. The highest BCUT2D eigenvalue weighted by Crippen LogP contribution is 2.18. The summed E-state index contributed by atoms with van der Waals surface area (Å²) in [5, 5.41) is 0. The Labute approximate surface area is 156 Å². The molecule has 2 aliphatic heterocycles. The normalized spacial score (nSPS) is 23.7. The van der Waals surface area contributed by atoms with Crippen molar-refractivity contribution in [2.24, 2.45) is 0 Å². The molecule has 2 atom stereocenters. The minimum atomic E-state index is -0.0652. The maximum absolute atomic E-state index is 5.87. The topological polar surface area (TPSA) is 59.0 Å². The average molecular weight is 365 g/mol. The first-order chi connectivity index (χ1) is 12.8. The van der Waals surface area contributed by atoms with E-state index in [1.165, 1.54) is 18.4 Å². The molecule has 0 spiro atoms. The molecule has 0 aromatic carbocycles. The molecule has 2 saturated heterocycles. The number of pyridine rings is 1. The van der Waals surface area contributed by atoms with Gasteiger partial charge in [0.2, 0.25) is 5.88 Å². The van der Waals surface area contributed by atoms with Crippen molar-refractivity contribution in [3.63, 3.8) is 0 Å². The van der Waals surface area contributed by atoms with Crippen LogP contribution in [0, 0.1) is 0 Å². The molecule has 3 rings (SSSR count). The van der Waals surface area contributed by atoms with Gasteiger partial charge in [-0.3, -0.25) is 0 Å². The Kier molecular flexibility index (Phi) is 8.14. The van der Waals surface area contributed by atoms with Crippen molar-refractivity contribution in [1.82, 2.24) is 4.98 Å². The lowest BCUT2D eigenvalue weighted by molar-refractivity contribution is -0.162. The van der Waals surface area contributed by atoms with Gasteiger partial charge in [-0.2, -0.15) is 0 Å². The standard InChI is InChI=1S/C20H31NO5/c1-22-18-9-8-16(10-14-25-19-6-2-4-12-23-19)17(21-18)11-15-26-20-7-3-5-13-24-20/h8-9,19-20H,2-7,10-15H2,1H3. The molecule has 0 bridgehead atoms. The predicted octanol–water partition coefficient (Wildman–Crippen LogP) is 3.26. The Hall–Kier alpha value is -1.21. The summed E-state index contributed by atoms with van der Waals surface area (Å²) in [6, 6.07) is 3.98. The van der Waals surface area contributed by atoms with Gasteiger partial charge in [-0.15, -0.1) is 0 Å². The molecule has 0 radical (unpaired) electrons. The van der Waals surface area contributed by atoms with Crippen molar-refractivity contribution in [2.75, 3.05) is 33.5 Å². The van der Waals surface area contributed by atoms with Gasteiger partial charge < -0.3 is 23.7 Å². The molecule has 3 heterocycles. The SMILES string of the molecule is COc1ccc(CCOC2CCCCO2)c(CCOC2CCCCO2)n1. The number of hydrogen-bond acceptors (Lipinski definition) is 6. The van der Waals surface area contributed by atoms with E-state index in [9.17, 15) is 0 Å². The fourth-order valence-corrected chi connectivity index (χ4v) is 3.34. The van der Waals surface area contributed by atoms with E-state index >= 15 is 0 Å². The second-order valence-electron chi connectivity index (χ2n) is 6.79. The van der Waals surface area contributed by atoms with Gasteiger partial charge in [0, 0.05) is 31.4 Å². The van der Waals surface area contributed by atoms with Gasteiger partial charge in [0.05, 0.1) is 20.3 Å². The summed E-state index contributed by atoms with van der Waals surface area (Å²) in [7, 11) is 1.64. The van der Waals surface area contributed by atoms with E-state index in [0.29, 0.717) is 19.1 Å². The summed E-state index contributed by atoms with van der Waals surface area (Å²) in [6.45, 7) is 2.84. The van der Waals surface area contributed by atoms with Crippen LogP contribution in [0.25, 0.3) is 0 Å². The molecule has 6 heteroatoms. The molecule has 26 heavy (non-hydrogen) atoms. The lowest BCUT2D eigenvalue weighted by Crippen LogP contribution is -2.24. The predicted molar refractivity (Wildman–Crippen MR) is 97.3 cm³/mol. The van der Waals surface area contributed by atoms with Crippen LogP contribution >= 0.6 is 0 Å². The Morgan fingerprint density at radius 3 is 2.15 bits per heavy atom. The van der Waals surface area contributed by atoms with Crippen LogP contribution in [0.15, 0.2) is 12.1 Å². The van der Waals surface area contributed by atoms with Crippen molar-refractivity contribution < 1.29 is 23.7 Å². The van der Waals surface area contributed by atoms with Gasteiger partial charge in [0.1, 0.15) is 0 Å². The number of rotatable bonds is 9. The van der Waals surface area contributed by atoms with Crippen molar-refractivity contribution in [3.05, 3.63) is 23.4 Å². The van der Waals surface area contributed by atoms with E-state index in [-0.39, 0.29) is 12.6 Å². The zero-order valence-corrected chi connectivity index (χ0v) is 15.8. The first kappa shape index (κ1) is 19.5. The van der Waals surface area contributed by atoms with Crippen LogP contribution < -0.4 is 4.74 Å². The molecule has 6 nitrogen and oxygen atoms in total. The zero-order chi connectivity index (χ0) is 18.0. The minimum Gasteiger partial charge on any atom is -0.481 e. The summed E-state index contributed by atoms with van der Waals surface area (Å²) in [6.07, 6.45) is 8.03. The van der Waals surface area contributed by atoms with Crippen molar-refractivity contribution in [3.8, 4) is 5.88 Å². The smallest absolute Gasteiger partial charge is 0.213 e. The summed E-state index contributed by atoms with van der Waals surface area (Å²) in [5.41, 5.74) is 2.18. The molecular formula is C20H31NO5. The highest BCUT2D eigenvalue weighted by Gasteiger charge is 2.16. The van der Waals surface area contributed by atoms with Gasteiger partial charge in [-0.05, 0) is 50.5 Å². The third kappa shape index (κ3) is 6.20. The lowest BCUT2D eigenvalue weighted by atomic mass is 10.1. The Balaban J connectivity index is 1.48. The quantitative estimate of drug-likeness (QED) is 0.669. The van der Waals surface area contributed by atoms with Crippen molar-refractivity contribution in [1.29, 1.82) is 0 Å². The molecule has 2 aliphatic rings. The second kappa shape index (κ2) is 10.8. The Bertz CT molecular complexity index is 527.